The quantitative estimate of drug-likeness (QED) is 0.251. The fourth-order valence-corrected chi connectivity index (χ4v) is 5.57. The Morgan fingerprint density at radius 2 is 1.13 bits per heavy atom. The normalized spacial score (nSPS) is 16.3. The highest BCUT2D eigenvalue weighted by molar-refractivity contribution is 5.88. The molecule has 38 heavy (non-hydrogen) atoms. The van der Waals surface area contributed by atoms with Gasteiger partial charge in [0.15, 0.2) is 0 Å². The lowest BCUT2D eigenvalue weighted by Gasteiger charge is -2.34. The fourth-order valence-electron chi connectivity index (χ4n) is 5.57. The Balaban J connectivity index is 1.46. The lowest BCUT2D eigenvalue weighted by molar-refractivity contribution is 0.769. The number of nitrogens with one attached hydrogen (secondary N) is 1. The standard InChI is InChI=1S/C37H27N/c1-4-13-27(14-5-1)28-15-12-20-31(25-28)38-32-23-24-34-33-21-10-11-22-35(33)37(36(34)26-32,29-16-6-2-7-17-29)30-18-8-3-9-19-30/h1-26,38H/i1D,4D,5D,12D,13D,14D,15D,20D,25D. The lowest BCUT2D eigenvalue weighted by atomic mass is 9.67. The second kappa shape index (κ2) is 9.21. The third-order valence-electron chi connectivity index (χ3n) is 7.10. The van der Waals surface area contributed by atoms with Crippen LogP contribution in [0.3, 0.4) is 0 Å². The zero-order chi connectivity index (χ0) is 33.2. The molecule has 0 fully saturated rings. The van der Waals surface area contributed by atoms with Crippen LogP contribution in [0.1, 0.15) is 34.6 Å². The molecule has 1 heteroatoms. The second-order valence-electron chi connectivity index (χ2n) is 9.16. The van der Waals surface area contributed by atoms with E-state index >= 15 is 0 Å². The molecule has 0 unspecified atom stereocenters. The molecule has 0 aliphatic heterocycles. The summed E-state index contributed by atoms with van der Waals surface area (Å²) in [6.07, 6.45) is 0. The van der Waals surface area contributed by atoms with Crippen molar-refractivity contribution in [2.45, 2.75) is 5.41 Å². The zero-order valence-electron chi connectivity index (χ0n) is 29.3. The molecule has 6 aromatic rings. The van der Waals surface area contributed by atoms with E-state index in [0.29, 0.717) is 5.69 Å². The molecule has 0 radical (unpaired) electrons. The summed E-state index contributed by atoms with van der Waals surface area (Å²) in [7, 11) is 0. The van der Waals surface area contributed by atoms with Gasteiger partial charge in [0.1, 0.15) is 0 Å². The van der Waals surface area contributed by atoms with Gasteiger partial charge in [-0.05, 0) is 68.7 Å². The molecule has 1 nitrogen and oxygen atoms in total. The summed E-state index contributed by atoms with van der Waals surface area (Å²) in [6, 6.07) is 29.7. The van der Waals surface area contributed by atoms with E-state index in [-0.39, 0.29) is 16.8 Å². The molecule has 0 atom stereocenters. The number of anilines is 2. The molecule has 0 spiro atoms. The lowest BCUT2D eigenvalue weighted by Crippen LogP contribution is -2.28. The zero-order valence-corrected chi connectivity index (χ0v) is 20.3. The van der Waals surface area contributed by atoms with Gasteiger partial charge in [0.25, 0.3) is 0 Å². The maximum atomic E-state index is 9.08. The average molecular weight is 495 g/mol. The monoisotopic (exact) mass is 494 g/mol. The summed E-state index contributed by atoms with van der Waals surface area (Å²) in [6.45, 7) is 0. The fraction of sp³-hybridized carbons (Fsp3) is 0.0270. The van der Waals surface area contributed by atoms with E-state index in [2.05, 4.69) is 41.7 Å². The Bertz CT molecular complexity index is 2150. The highest BCUT2D eigenvalue weighted by Gasteiger charge is 2.45. The van der Waals surface area contributed by atoms with Gasteiger partial charge in [0, 0.05) is 11.4 Å². The molecule has 1 aliphatic rings. The van der Waals surface area contributed by atoms with Crippen LogP contribution >= 0.6 is 0 Å². The maximum absolute atomic E-state index is 9.08. The topological polar surface area (TPSA) is 12.0 Å². The Labute approximate surface area is 236 Å². The van der Waals surface area contributed by atoms with Crippen LogP contribution in [0, 0.1) is 0 Å². The Morgan fingerprint density at radius 1 is 0.500 bits per heavy atom. The van der Waals surface area contributed by atoms with E-state index in [1.807, 2.05) is 66.7 Å². The minimum Gasteiger partial charge on any atom is -0.355 e. The van der Waals surface area contributed by atoms with E-state index in [9.17, 15) is 0 Å². The molecular formula is C37H27N. The largest absolute Gasteiger partial charge is 0.355 e. The van der Waals surface area contributed by atoms with Crippen molar-refractivity contribution < 1.29 is 12.3 Å². The van der Waals surface area contributed by atoms with E-state index in [4.69, 9.17) is 12.3 Å². The summed E-state index contributed by atoms with van der Waals surface area (Å²) >= 11 is 0. The van der Waals surface area contributed by atoms with Crippen LogP contribution in [0.15, 0.2) is 158 Å². The van der Waals surface area contributed by atoms with Crippen LogP contribution in [0.5, 0.6) is 0 Å². The SMILES string of the molecule is [2H]c1c([2H])c([2H])c(-c2c([2H])c([2H])c([2H])c(Nc3ccc4c(c3)C(c3ccccc3)(c3ccccc3)c3ccccc3-4)c2[2H])c([2H])c1[2H]. The third-order valence-corrected chi connectivity index (χ3v) is 7.10. The van der Waals surface area contributed by atoms with Gasteiger partial charge in [-0.1, -0.05) is 133 Å². The summed E-state index contributed by atoms with van der Waals surface area (Å²) in [5, 5.41) is 3.16. The minimum absolute atomic E-state index is 0.103. The average Bonchev–Trinajstić information content (AvgIpc) is 3.40. The predicted molar refractivity (Wildman–Crippen MR) is 159 cm³/mol. The van der Waals surface area contributed by atoms with Gasteiger partial charge >= 0.3 is 0 Å². The molecule has 0 amide bonds. The first-order valence-electron chi connectivity index (χ1n) is 16.9. The smallest absolute Gasteiger partial charge is 0.0714 e. The molecule has 0 saturated heterocycles. The van der Waals surface area contributed by atoms with Gasteiger partial charge in [0.2, 0.25) is 0 Å². The van der Waals surface area contributed by atoms with Crippen LogP contribution in [0.25, 0.3) is 22.3 Å². The van der Waals surface area contributed by atoms with Crippen LogP contribution in [0.2, 0.25) is 0 Å². The predicted octanol–water partition coefficient (Wildman–Crippen LogP) is 9.46. The first-order chi connectivity index (χ1) is 22.6. The van der Waals surface area contributed by atoms with Gasteiger partial charge in [-0.15, -0.1) is 0 Å². The Hall–Kier alpha value is -4.88. The third kappa shape index (κ3) is 3.55. The molecule has 0 aromatic heterocycles. The van der Waals surface area contributed by atoms with Crippen molar-refractivity contribution in [2.24, 2.45) is 0 Å². The van der Waals surface area contributed by atoms with Crippen LogP contribution in [0.4, 0.5) is 11.4 Å². The van der Waals surface area contributed by atoms with E-state index in [0.717, 1.165) is 33.4 Å². The number of fused-ring (bicyclic) bond motifs is 3. The van der Waals surface area contributed by atoms with Gasteiger partial charge in [-0.2, -0.15) is 0 Å². The van der Waals surface area contributed by atoms with Crippen molar-refractivity contribution in [1.29, 1.82) is 0 Å². The summed E-state index contributed by atoms with van der Waals surface area (Å²) < 4.78 is 76.2. The van der Waals surface area contributed by atoms with Crippen molar-refractivity contribution in [3.63, 3.8) is 0 Å². The van der Waals surface area contributed by atoms with Crippen molar-refractivity contribution >= 4 is 11.4 Å². The number of rotatable bonds is 5. The first kappa shape index (κ1) is 14.8. The summed E-state index contributed by atoms with van der Waals surface area (Å²) in [5.74, 6) is 0. The van der Waals surface area contributed by atoms with Gasteiger partial charge < -0.3 is 5.32 Å². The molecule has 0 bridgehead atoms. The molecule has 0 heterocycles. The van der Waals surface area contributed by atoms with Gasteiger partial charge in [0.05, 0.1) is 17.8 Å². The van der Waals surface area contributed by atoms with Gasteiger partial charge in [-0.3, -0.25) is 0 Å². The highest BCUT2D eigenvalue weighted by Crippen LogP contribution is 2.56. The van der Waals surface area contributed by atoms with E-state index in [1.54, 1.807) is 0 Å². The van der Waals surface area contributed by atoms with Gasteiger partial charge in [-0.25, -0.2) is 0 Å². The molecular weight excluding hydrogens is 458 g/mol. The van der Waals surface area contributed by atoms with Crippen molar-refractivity contribution in [3.8, 4) is 22.3 Å². The number of hydrogen-bond acceptors (Lipinski definition) is 1. The van der Waals surface area contributed by atoms with Crippen LogP contribution in [-0.4, -0.2) is 0 Å². The second-order valence-corrected chi connectivity index (χ2v) is 9.16. The highest BCUT2D eigenvalue weighted by atomic mass is 14.9. The molecule has 180 valence electrons. The molecule has 1 aliphatic carbocycles. The number of benzene rings is 6. The first-order valence-corrected chi connectivity index (χ1v) is 12.4. The Morgan fingerprint density at radius 3 is 1.87 bits per heavy atom. The molecule has 1 N–H and O–H groups in total. The van der Waals surface area contributed by atoms with Crippen LogP contribution < -0.4 is 5.32 Å². The Kier molecular flexibility index (Phi) is 3.58. The summed E-state index contributed by atoms with van der Waals surface area (Å²) in [4.78, 5) is 0. The number of hydrogen-bond donors (Lipinski definition) is 1. The molecule has 7 rings (SSSR count). The van der Waals surface area contributed by atoms with Crippen molar-refractivity contribution in [2.75, 3.05) is 5.32 Å². The molecule has 6 aromatic carbocycles. The van der Waals surface area contributed by atoms with E-state index < -0.39 is 59.8 Å². The minimum atomic E-state index is -0.691. The summed E-state index contributed by atoms with van der Waals surface area (Å²) in [5.41, 5.74) is 5.41. The van der Waals surface area contributed by atoms with E-state index in [1.165, 1.54) is 0 Å². The van der Waals surface area contributed by atoms with Crippen LogP contribution in [-0.2, 0) is 5.41 Å². The maximum Gasteiger partial charge on any atom is 0.0714 e. The van der Waals surface area contributed by atoms with Crippen molar-refractivity contribution in [1.82, 2.24) is 0 Å². The molecule has 0 saturated carbocycles. The van der Waals surface area contributed by atoms with Crippen molar-refractivity contribution in [3.05, 3.63) is 180 Å².